The van der Waals surface area contributed by atoms with Gasteiger partial charge in [0.1, 0.15) is 5.82 Å². The van der Waals surface area contributed by atoms with Crippen molar-refractivity contribution in [2.24, 2.45) is 0 Å². The van der Waals surface area contributed by atoms with Crippen molar-refractivity contribution in [2.75, 3.05) is 24.7 Å². The molecule has 4 nitrogen and oxygen atoms in total. The first kappa shape index (κ1) is 9.99. The Morgan fingerprint density at radius 2 is 2.44 bits per heavy atom. The maximum absolute atomic E-state index is 5.42. The molecule has 84 valence electrons. The van der Waals surface area contributed by atoms with E-state index in [2.05, 4.69) is 33.9 Å². The van der Waals surface area contributed by atoms with Crippen LogP contribution in [0.1, 0.15) is 6.92 Å². The minimum atomic E-state index is 0.386. The molecule has 3 heterocycles. The highest BCUT2D eigenvalue weighted by Gasteiger charge is 2.20. The predicted molar refractivity (Wildman–Crippen MR) is 65.0 cm³/mol. The summed E-state index contributed by atoms with van der Waals surface area (Å²) in [5, 5.41) is 0. The summed E-state index contributed by atoms with van der Waals surface area (Å²) in [5.41, 5.74) is 2.69. The smallest absolute Gasteiger partial charge is 0.172 e. The maximum Gasteiger partial charge on any atom is 0.172 e. The molecule has 0 radical (unpaired) electrons. The topological polar surface area (TPSA) is 38.2 Å². The van der Waals surface area contributed by atoms with Crippen molar-refractivity contribution in [3.8, 4) is 0 Å². The molecule has 2 aromatic rings. The lowest BCUT2D eigenvalue weighted by Gasteiger charge is -2.34. The van der Waals surface area contributed by atoms with Crippen LogP contribution >= 0.6 is 11.3 Å². The van der Waals surface area contributed by atoms with Crippen molar-refractivity contribution >= 4 is 27.5 Å². The molecule has 1 saturated heterocycles. The number of thiazole rings is 1. The summed E-state index contributed by atoms with van der Waals surface area (Å²) < 4.78 is 6.57. The number of fused-ring (bicyclic) bond motifs is 1. The molecule has 0 aromatic carbocycles. The lowest BCUT2D eigenvalue weighted by molar-refractivity contribution is 0.0985. The third-order valence-electron chi connectivity index (χ3n) is 2.84. The van der Waals surface area contributed by atoms with Gasteiger partial charge < -0.3 is 9.64 Å². The molecule has 1 atom stereocenters. The number of nitrogens with zero attached hydrogens (tertiary/aromatic N) is 3. The monoisotopic (exact) mass is 235 g/mol. The summed E-state index contributed by atoms with van der Waals surface area (Å²) in [6, 6.07) is 4.55. The van der Waals surface area contributed by atoms with Crippen LogP contribution in [-0.4, -0.2) is 35.8 Å². The quantitative estimate of drug-likeness (QED) is 0.757. The van der Waals surface area contributed by atoms with Crippen LogP contribution in [0.4, 0.5) is 5.82 Å². The molecule has 0 amide bonds. The molecule has 16 heavy (non-hydrogen) atoms. The first-order valence-electron chi connectivity index (χ1n) is 5.39. The third kappa shape index (κ3) is 1.66. The Kier molecular flexibility index (Phi) is 2.49. The zero-order valence-electron chi connectivity index (χ0n) is 9.09. The minimum Gasteiger partial charge on any atom is -0.377 e. The van der Waals surface area contributed by atoms with Gasteiger partial charge in [0.05, 0.1) is 29.5 Å². The van der Waals surface area contributed by atoms with Gasteiger partial charge >= 0.3 is 0 Å². The lowest BCUT2D eigenvalue weighted by Crippen LogP contribution is -2.44. The third-order valence-corrected chi connectivity index (χ3v) is 3.62. The molecular weight excluding hydrogens is 222 g/mol. The van der Waals surface area contributed by atoms with Gasteiger partial charge in [0.25, 0.3) is 0 Å². The Morgan fingerprint density at radius 3 is 3.31 bits per heavy atom. The van der Waals surface area contributed by atoms with E-state index in [1.54, 1.807) is 11.3 Å². The number of hydrogen-bond donors (Lipinski definition) is 0. The molecule has 1 unspecified atom stereocenters. The van der Waals surface area contributed by atoms with Gasteiger partial charge in [-0.2, -0.15) is 0 Å². The number of rotatable bonds is 1. The van der Waals surface area contributed by atoms with E-state index in [1.165, 1.54) is 0 Å². The van der Waals surface area contributed by atoms with E-state index >= 15 is 0 Å². The van der Waals surface area contributed by atoms with Crippen molar-refractivity contribution in [1.82, 2.24) is 9.97 Å². The van der Waals surface area contributed by atoms with Gasteiger partial charge in [0.2, 0.25) is 0 Å². The molecule has 3 rings (SSSR count). The highest BCUT2D eigenvalue weighted by molar-refractivity contribution is 7.16. The number of pyridine rings is 1. The van der Waals surface area contributed by atoms with E-state index in [0.717, 1.165) is 35.9 Å². The molecule has 0 bridgehead atoms. The largest absolute Gasteiger partial charge is 0.377 e. The zero-order valence-corrected chi connectivity index (χ0v) is 9.91. The number of morpholine rings is 1. The standard InChI is InChI=1S/C11H13N3OS/c1-8-6-15-5-4-14(8)10-3-2-9-11(13-10)12-7-16-9/h2-3,7-8H,4-6H2,1H3. The second-order valence-corrected chi connectivity index (χ2v) is 4.85. The summed E-state index contributed by atoms with van der Waals surface area (Å²) in [6.07, 6.45) is 0. The normalized spacial score (nSPS) is 21.6. The first-order chi connectivity index (χ1) is 7.84. The van der Waals surface area contributed by atoms with Gasteiger partial charge in [-0.05, 0) is 19.1 Å². The maximum atomic E-state index is 5.42. The summed E-state index contributed by atoms with van der Waals surface area (Å²) in [7, 11) is 0. The molecule has 0 aliphatic carbocycles. The van der Waals surface area contributed by atoms with Crippen molar-refractivity contribution in [3.05, 3.63) is 17.6 Å². The van der Waals surface area contributed by atoms with Crippen LogP contribution in [0.5, 0.6) is 0 Å². The number of aromatic nitrogens is 2. The molecule has 1 aliphatic rings. The van der Waals surface area contributed by atoms with Crippen LogP contribution < -0.4 is 4.90 Å². The van der Waals surface area contributed by atoms with Gasteiger partial charge in [0, 0.05) is 6.54 Å². The van der Waals surface area contributed by atoms with Crippen LogP contribution in [0.3, 0.4) is 0 Å². The first-order valence-corrected chi connectivity index (χ1v) is 6.27. The Balaban J connectivity index is 1.97. The van der Waals surface area contributed by atoms with E-state index in [1.807, 2.05) is 5.51 Å². The second kappa shape index (κ2) is 3.99. The number of hydrogen-bond acceptors (Lipinski definition) is 5. The van der Waals surface area contributed by atoms with Gasteiger partial charge in [-0.15, -0.1) is 11.3 Å². The molecular formula is C11H13N3OS. The summed E-state index contributed by atoms with van der Waals surface area (Å²) >= 11 is 1.63. The fourth-order valence-electron chi connectivity index (χ4n) is 1.97. The van der Waals surface area contributed by atoms with Gasteiger partial charge in [-0.1, -0.05) is 0 Å². The molecule has 1 aliphatic heterocycles. The number of ether oxygens (including phenoxy) is 1. The molecule has 0 saturated carbocycles. The molecule has 5 heteroatoms. The molecule has 1 fully saturated rings. The molecule has 0 spiro atoms. The van der Waals surface area contributed by atoms with E-state index < -0.39 is 0 Å². The van der Waals surface area contributed by atoms with E-state index in [-0.39, 0.29) is 0 Å². The van der Waals surface area contributed by atoms with Gasteiger partial charge in [-0.25, -0.2) is 9.97 Å². The second-order valence-electron chi connectivity index (χ2n) is 3.96. The summed E-state index contributed by atoms with van der Waals surface area (Å²) in [4.78, 5) is 11.1. The van der Waals surface area contributed by atoms with Crippen LogP contribution in [0.2, 0.25) is 0 Å². The zero-order chi connectivity index (χ0) is 11.0. The van der Waals surface area contributed by atoms with Crippen LogP contribution in [0.25, 0.3) is 10.3 Å². The highest BCUT2D eigenvalue weighted by atomic mass is 32.1. The molecule has 0 N–H and O–H groups in total. The summed E-state index contributed by atoms with van der Waals surface area (Å²) in [5.74, 6) is 1.01. The van der Waals surface area contributed by atoms with Crippen LogP contribution in [0, 0.1) is 0 Å². The van der Waals surface area contributed by atoms with Crippen molar-refractivity contribution in [1.29, 1.82) is 0 Å². The Bertz CT molecular complexity index is 499. The average molecular weight is 235 g/mol. The lowest BCUT2D eigenvalue weighted by atomic mass is 10.2. The van der Waals surface area contributed by atoms with Gasteiger partial charge in [-0.3, -0.25) is 0 Å². The average Bonchev–Trinajstić information content (AvgIpc) is 2.76. The van der Waals surface area contributed by atoms with E-state index in [0.29, 0.717) is 6.04 Å². The minimum absolute atomic E-state index is 0.386. The van der Waals surface area contributed by atoms with E-state index in [4.69, 9.17) is 4.74 Å². The Hall–Kier alpha value is -1.20. The van der Waals surface area contributed by atoms with Crippen LogP contribution in [-0.2, 0) is 4.74 Å². The van der Waals surface area contributed by atoms with Crippen molar-refractivity contribution in [2.45, 2.75) is 13.0 Å². The SMILES string of the molecule is CC1COCCN1c1ccc2scnc2n1. The van der Waals surface area contributed by atoms with E-state index in [9.17, 15) is 0 Å². The van der Waals surface area contributed by atoms with Crippen LogP contribution in [0.15, 0.2) is 17.6 Å². The number of anilines is 1. The highest BCUT2D eigenvalue weighted by Crippen LogP contribution is 2.22. The Labute approximate surface area is 97.9 Å². The molecule has 2 aromatic heterocycles. The summed E-state index contributed by atoms with van der Waals surface area (Å²) in [6.45, 7) is 4.62. The van der Waals surface area contributed by atoms with Crippen molar-refractivity contribution < 1.29 is 4.74 Å². The Morgan fingerprint density at radius 1 is 1.50 bits per heavy atom. The fraction of sp³-hybridized carbons (Fsp3) is 0.455. The fourth-order valence-corrected chi connectivity index (χ4v) is 2.59. The predicted octanol–water partition coefficient (Wildman–Crippen LogP) is 1.92. The van der Waals surface area contributed by atoms with Gasteiger partial charge in [0.15, 0.2) is 5.65 Å². The van der Waals surface area contributed by atoms with Crippen molar-refractivity contribution in [3.63, 3.8) is 0 Å².